The summed E-state index contributed by atoms with van der Waals surface area (Å²) in [6, 6.07) is 6.81. The van der Waals surface area contributed by atoms with Gasteiger partial charge in [-0.1, -0.05) is 18.2 Å². The smallest absolute Gasteiger partial charge is 0.317 e. The van der Waals surface area contributed by atoms with Crippen LogP contribution in [0.3, 0.4) is 0 Å². The molecule has 1 aromatic carbocycles. The summed E-state index contributed by atoms with van der Waals surface area (Å²) in [5.74, 6) is -0.251. The fourth-order valence-electron chi connectivity index (χ4n) is 2.81. The highest BCUT2D eigenvalue weighted by molar-refractivity contribution is 5.75. The van der Waals surface area contributed by atoms with Crippen molar-refractivity contribution >= 4 is 6.03 Å². The van der Waals surface area contributed by atoms with Crippen LogP contribution in [-0.2, 0) is 11.3 Å². The first-order valence-electron chi connectivity index (χ1n) is 8.32. The maximum absolute atomic E-state index is 13.8. The monoisotopic (exact) mass is 321 g/mol. The van der Waals surface area contributed by atoms with Gasteiger partial charge >= 0.3 is 6.03 Å². The van der Waals surface area contributed by atoms with Gasteiger partial charge in [-0.15, -0.1) is 0 Å². The third-order valence-corrected chi connectivity index (χ3v) is 4.35. The van der Waals surface area contributed by atoms with Crippen LogP contribution in [-0.4, -0.2) is 61.3 Å². The quantitative estimate of drug-likeness (QED) is 0.869. The summed E-state index contributed by atoms with van der Waals surface area (Å²) in [7, 11) is 0. The van der Waals surface area contributed by atoms with Crippen molar-refractivity contribution < 1.29 is 13.9 Å². The van der Waals surface area contributed by atoms with E-state index in [-0.39, 0.29) is 17.9 Å². The number of carbonyl (C=O) groups excluding carboxylic acids is 1. The Morgan fingerprint density at radius 2 is 2.04 bits per heavy atom. The summed E-state index contributed by atoms with van der Waals surface area (Å²) < 4.78 is 19.1. The molecule has 5 nitrogen and oxygen atoms in total. The average molecular weight is 321 g/mol. The predicted octanol–water partition coefficient (Wildman–Crippen LogP) is 1.83. The maximum atomic E-state index is 13.8. The van der Waals surface area contributed by atoms with Crippen molar-refractivity contribution in [1.82, 2.24) is 15.1 Å². The molecule has 1 aliphatic carbocycles. The molecule has 2 fully saturated rings. The lowest BCUT2D eigenvalue weighted by molar-refractivity contribution is 0.0385. The lowest BCUT2D eigenvalue weighted by Crippen LogP contribution is -2.45. The van der Waals surface area contributed by atoms with Crippen LogP contribution >= 0.6 is 0 Å². The highest BCUT2D eigenvalue weighted by Crippen LogP contribution is 2.28. The molecule has 6 heteroatoms. The number of benzene rings is 1. The van der Waals surface area contributed by atoms with E-state index in [4.69, 9.17) is 4.74 Å². The number of halogens is 1. The molecular weight excluding hydrogens is 297 g/mol. The van der Waals surface area contributed by atoms with E-state index >= 15 is 0 Å². The second-order valence-corrected chi connectivity index (χ2v) is 6.14. The van der Waals surface area contributed by atoms with Gasteiger partial charge in [0.15, 0.2) is 0 Å². The number of ether oxygens (including phenoxy) is 1. The lowest BCUT2D eigenvalue weighted by Gasteiger charge is -2.28. The van der Waals surface area contributed by atoms with E-state index in [9.17, 15) is 9.18 Å². The zero-order valence-corrected chi connectivity index (χ0v) is 13.3. The highest BCUT2D eigenvalue weighted by atomic mass is 19.1. The third-order valence-electron chi connectivity index (χ3n) is 4.35. The van der Waals surface area contributed by atoms with Crippen molar-refractivity contribution in [2.45, 2.75) is 25.4 Å². The summed E-state index contributed by atoms with van der Waals surface area (Å²) in [6.45, 7) is 5.12. The SMILES string of the molecule is O=C(NCCN1CCOCC1)N(Cc1ccccc1F)C1CC1. The van der Waals surface area contributed by atoms with E-state index in [2.05, 4.69) is 10.2 Å². The number of rotatable bonds is 6. The van der Waals surface area contributed by atoms with Gasteiger partial charge in [0.25, 0.3) is 0 Å². The minimum absolute atomic E-state index is 0.0935. The Morgan fingerprint density at radius 1 is 1.30 bits per heavy atom. The van der Waals surface area contributed by atoms with Gasteiger partial charge in [-0.25, -0.2) is 9.18 Å². The van der Waals surface area contributed by atoms with Crippen molar-refractivity contribution in [2.75, 3.05) is 39.4 Å². The Kier molecular flexibility index (Phi) is 5.46. The van der Waals surface area contributed by atoms with Crippen molar-refractivity contribution in [3.63, 3.8) is 0 Å². The van der Waals surface area contributed by atoms with Crippen molar-refractivity contribution in [3.8, 4) is 0 Å². The van der Waals surface area contributed by atoms with Gasteiger partial charge in [-0.05, 0) is 18.9 Å². The fraction of sp³-hybridized carbons (Fsp3) is 0.588. The van der Waals surface area contributed by atoms with E-state index in [1.165, 1.54) is 6.07 Å². The standard InChI is InChI=1S/C17H24FN3O2/c18-16-4-2-1-3-14(16)13-21(15-5-6-15)17(22)19-7-8-20-9-11-23-12-10-20/h1-4,15H,5-13H2,(H,19,22). The molecule has 0 unspecified atom stereocenters. The lowest BCUT2D eigenvalue weighted by atomic mass is 10.2. The topological polar surface area (TPSA) is 44.8 Å². The number of hydrogen-bond donors (Lipinski definition) is 1. The molecule has 1 aromatic rings. The molecule has 3 rings (SSSR count). The summed E-state index contributed by atoms with van der Waals surface area (Å²) >= 11 is 0. The van der Waals surface area contributed by atoms with Gasteiger partial charge in [-0.2, -0.15) is 0 Å². The predicted molar refractivity (Wildman–Crippen MR) is 85.6 cm³/mol. The zero-order chi connectivity index (χ0) is 16.1. The minimum Gasteiger partial charge on any atom is -0.379 e. The van der Waals surface area contributed by atoms with Gasteiger partial charge in [-0.3, -0.25) is 4.90 Å². The molecule has 0 atom stereocenters. The molecule has 2 amide bonds. The Balaban J connectivity index is 1.49. The number of amides is 2. The summed E-state index contributed by atoms with van der Waals surface area (Å²) in [5, 5.41) is 2.97. The molecule has 0 aromatic heterocycles. The molecular formula is C17H24FN3O2. The van der Waals surface area contributed by atoms with E-state index < -0.39 is 0 Å². The Morgan fingerprint density at radius 3 is 2.74 bits per heavy atom. The molecule has 0 spiro atoms. The normalized spacial score (nSPS) is 18.7. The fourth-order valence-corrected chi connectivity index (χ4v) is 2.81. The van der Waals surface area contributed by atoms with Gasteiger partial charge in [0, 0.05) is 37.8 Å². The molecule has 1 heterocycles. The number of nitrogens with one attached hydrogen (secondary N) is 1. The van der Waals surface area contributed by atoms with E-state index in [1.54, 1.807) is 23.1 Å². The van der Waals surface area contributed by atoms with E-state index in [0.29, 0.717) is 18.7 Å². The van der Waals surface area contributed by atoms with Crippen molar-refractivity contribution in [2.24, 2.45) is 0 Å². The molecule has 0 bridgehead atoms. The van der Waals surface area contributed by atoms with Gasteiger partial charge in [0.05, 0.1) is 19.8 Å². The van der Waals surface area contributed by atoms with Crippen molar-refractivity contribution in [1.29, 1.82) is 0 Å². The van der Waals surface area contributed by atoms with E-state index in [1.807, 2.05) is 0 Å². The number of nitrogens with zero attached hydrogens (tertiary/aromatic N) is 2. The van der Waals surface area contributed by atoms with Gasteiger partial charge in [0.2, 0.25) is 0 Å². The first-order valence-corrected chi connectivity index (χ1v) is 8.32. The van der Waals surface area contributed by atoms with Crippen LogP contribution in [0.5, 0.6) is 0 Å². The Labute approximate surface area is 136 Å². The summed E-state index contributed by atoms with van der Waals surface area (Å²) in [5.41, 5.74) is 0.572. The van der Waals surface area contributed by atoms with Crippen LogP contribution in [0, 0.1) is 5.82 Å². The number of morpholine rings is 1. The minimum atomic E-state index is -0.251. The largest absolute Gasteiger partial charge is 0.379 e. The van der Waals surface area contributed by atoms with E-state index in [0.717, 1.165) is 45.7 Å². The maximum Gasteiger partial charge on any atom is 0.317 e. The number of hydrogen-bond acceptors (Lipinski definition) is 3. The van der Waals surface area contributed by atoms with Crippen LogP contribution < -0.4 is 5.32 Å². The average Bonchev–Trinajstić information content (AvgIpc) is 3.40. The molecule has 126 valence electrons. The Bertz CT molecular complexity index is 530. The second kappa shape index (κ2) is 7.75. The van der Waals surface area contributed by atoms with Gasteiger partial charge < -0.3 is 15.0 Å². The molecule has 23 heavy (non-hydrogen) atoms. The second-order valence-electron chi connectivity index (χ2n) is 6.14. The summed E-state index contributed by atoms with van der Waals surface area (Å²) in [6.07, 6.45) is 2.01. The van der Waals surface area contributed by atoms with Crippen molar-refractivity contribution in [3.05, 3.63) is 35.6 Å². The molecule has 2 aliphatic rings. The number of carbonyl (C=O) groups is 1. The summed E-state index contributed by atoms with van der Waals surface area (Å²) in [4.78, 5) is 16.5. The first-order chi connectivity index (χ1) is 11.2. The van der Waals surface area contributed by atoms with Crippen LogP contribution in [0.2, 0.25) is 0 Å². The highest BCUT2D eigenvalue weighted by Gasteiger charge is 2.32. The van der Waals surface area contributed by atoms with Crippen LogP contribution in [0.1, 0.15) is 18.4 Å². The Hall–Kier alpha value is -1.66. The molecule has 1 saturated heterocycles. The van der Waals surface area contributed by atoms with Crippen LogP contribution in [0.4, 0.5) is 9.18 Å². The molecule has 1 saturated carbocycles. The van der Waals surface area contributed by atoms with Crippen LogP contribution in [0.15, 0.2) is 24.3 Å². The molecule has 0 radical (unpaired) electrons. The zero-order valence-electron chi connectivity index (χ0n) is 13.3. The molecule has 1 aliphatic heterocycles. The van der Waals surface area contributed by atoms with Crippen LogP contribution in [0.25, 0.3) is 0 Å². The molecule has 1 N–H and O–H groups in total. The first kappa shape index (κ1) is 16.2. The number of urea groups is 1. The van der Waals surface area contributed by atoms with Gasteiger partial charge in [0.1, 0.15) is 5.82 Å². The third kappa shape index (κ3) is 4.65.